The van der Waals surface area contributed by atoms with Gasteiger partial charge in [-0.2, -0.15) is 0 Å². The van der Waals surface area contributed by atoms with Gasteiger partial charge >= 0.3 is 0 Å². The molecule has 110 valence electrons. The van der Waals surface area contributed by atoms with Gasteiger partial charge in [0.2, 0.25) is 0 Å². The minimum atomic E-state index is -0.535. The van der Waals surface area contributed by atoms with Gasteiger partial charge in [0.25, 0.3) is 5.69 Å². The van der Waals surface area contributed by atoms with Crippen molar-refractivity contribution in [1.29, 1.82) is 0 Å². The van der Waals surface area contributed by atoms with Gasteiger partial charge in [-0.25, -0.2) is 0 Å². The van der Waals surface area contributed by atoms with E-state index in [1.54, 1.807) is 18.2 Å². The number of piperidine rings is 1. The third kappa shape index (κ3) is 3.35. The lowest BCUT2D eigenvalue weighted by Gasteiger charge is -2.42. The van der Waals surface area contributed by atoms with Gasteiger partial charge in [0, 0.05) is 31.1 Å². The van der Waals surface area contributed by atoms with E-state index in [1.807, 2.05) is 13.0 Å². The molecule has 0 amide bonds. The average Bonchev–Trinajstić information content (AvgIpc) is 2.39. The predicted molar refractivity (Wildman–Crippen MR) is 79.4 cm³/mol. The van der Waals surface area contributed by atoms with Crippen LogP contribution in [0.1, 0.15) is 32.3 Å². The molecule has 0 saturated carbocycles. The molecule has 2 rings (SSSR count). The Morgan fingerprint density at radius 2 is 2.00 bits per heavy atom. The van der Waals surface area contributed by atoms with E-state index in [2.05, 4.69) is 11.8 Å². The van der Waals surface area contributed by atoms with Crippen molar-refractivity contribution in [2.24, 2.45) is 11.7 Å². The van der Waals surface area contributed by atoms with Gasteiger partial charge in [-0.3, -0.25) is 15.0 Å². The second-order valence-electron chi connectivity index (χ2n) is 6.09. The number of nitrogens with two attached hydrogens (primary N) is 1. The fraction of sp³-hybridized carbons (Fsp3) is 0.600. The Balaban J connectivity index is 2.14. The smallest absolute Gasteiger partial charge is 0.272 e. The van der Waals surface area contributed by atoms with Crippen molar-refractivity contribution in [3.8, 4) is 0 Å². The van der Waals surface area contributed by atoms with Gasteiger partial charge in [0.15, 0.2) is 0 Å². The number of para-hydroxylation sites is 1. The van der Waals surface area contributed by atoms with E-state index < -0.39 is 5.66 Å². The second kappa shape index (κ2) is 5.89. The molecule has 1 aliphatic rings. The molecule has 5 nitrogen and oxygen atoms in total. The third-order valence-electron chi connectivity index (χ3n) is 4.24. The summed E-state index contributed by atoms with van der Waals surface area (Å²) in [5, 5.41) is 11.1. The Bertz CT molecular complexity index is 480. The molecule has 0 aromatic heterocycles. The van der Waals surface area contributed by atoms with Crippen LogP contribution in [0.3, 0.4) is 0 Å². The number of rotatable bonds is 4. The first kappa shape index (κ1) is 14.9. The van der Waals surface area contributed by atoms with Crippen molar-refractivity contribution in [3.63, 3.8) is 0 Å². The molecular formula is C15H23N3O2. The summed E-state index contributed by atoms with van der Waals surface area (Å²) in [6, 6.07) is 6.87. The van der Waals surface area contributed by atoms with E-state index in [0.717, 1.165) is 31.8 Å². The summed E-state index contributed by atoms with van der Waals surface area (Å²) in [6.07, 6.45) is 2.78. The van der Waals surface area contributed by atoms with Gasteiger partial charge in [-0.05, 0) is 25.7 Å². The van der Waals surface area contributed by atoms with Gasteiger partial charge in [-0.1, -0.05) is 25.1 Å². The predicted octanol–water partition coefficient (Wildman–Crippen LogP) is 2.54. The molecule has 1 heterocycles. The molecule has 5 heteroatoms. The van der Waals surface area contributed by atoms with Crippen LogP contribution in [0.4, 0.5) is 5.69 Å². The zero-order valence-corrected chi connectivity index (χ0v) is 12.2. The molecule has 1 aliphatic heterocycles. The minimum absolute atomic E-state index is 0.162. The number of likely N-dealkylation sites (tertiary alicyclic amines) is 1. The van der Waals surface area contributed by atoms with Gasteiger partial charge < -0.3 is 5.73 Å². The lowest BCUT2D eigenvalue weighted by Crippen LogP contribution is -2.57. The Hall–Kier alpha value is -1.46. The molecule has 1 aromatic rings. The number of nitro benzene ring substituents is 1. The first-order chi connectivity index (χ1) is 9.40. The molecule has 0 aliphatic carbocycles. The largest absolute Gasteiger partial charge is 0.313 e. The Kier molecular flexibility index (Phi) is 4.40. The third-order valence-corrected chi connectivity index (χ3v) is 4.24. The summed E-state index contributed by atoms with van der Waals surface area (Å²) in [5.41, 5.74) is 6.78. The van der Waals surface area contributed by atoms with Crippen molar-refractivity contribution >= 4 is 5.69 Å². The van der Waals surface area contributed by atoms with Crippen molar-refractivity contribution in [2.45, 2.75) is 38.8 Å². The van der Waals surface area contributed by atoms with E-state index in [1.165, 1.54) is 0 Å². The number of benzene rings is 1. The monoisotopic (exact) mass is 277 g/mol. The molecule has 20 heavy (non-hydrogen) atoms. The SMILES string of the molecule is CC1CCN(C(C)(N)Cc2ccccc2[N+](=O)[O-])CC1. The Morgan fingerprint density at radius 3 is 2.60 bits per heavy atom. The van der Waals surface area contributed by atoms with Crippen LogP contribution < -0.4 is 5.73 Å². The Labute approximate surface area is 119 Å². The van der Waals surface area contributed by atoms with Gasteiger partial charge in [0.05, 0.1) is 10.6 Å². The molecule has 0 radical (unpaired) electrons. The van der Waals surface area contributed by atoms with Crippen LogP contribution in [-0.2, 0) is 6.42 Å². The normalized spacial score (nSPS) is 20.6. The summed E-state index contributed by atoms with van der Waals surface area (Å²) in [4.78, 5) is 13.0. The Morgan fingerprint density at radius 1 is 1.40 bits per heavy atom. The van der Waals surface area contributed by atoms with Crippen LogP contribution in [0, 0.1) is 16.0 Å². The molecule has 2 N–H and O–H groups in total. The van der Waals surface area contributed by atoms with Crippen LogP contribution in [0.2, 0.25) is 0 Å². The highest BCUT2D eigenvalue weighted by molar-refractivity contribution is 5.40. The van der Waals surface area contributed by atoms with E-state index >= 15 is 0 Å². The van der Waals surface area contributed by atoms with Crippen molar-refractivity contribution in [2.75, 3.05) is 13.1 Å². The molecule has 0 spiro atoms. The zero-order valence-electron chi connectivity index (χ0n) is 12.2. The van der Waals surface area contributed by atoms with Crippen LogP contribution in [0.5, 0.6) is 0 Å². The van der Waals surface area contributed by atoms with Gasteiger partial charge in [-0.15, -0.1) is 0 Å². The summed E-state index contributed by atoms with van der Waals surface area (Å²) in [7, 11) is 0. The molecule has 1 atom stereocenters. The number of nitro groups is 1. The number of hydrogen-bond acceptors (Lipinski definition) is 4. The lowest BCUT2D eigenvalue weighted by atomic mass is 9.93. The first-order valence-electron chi connectivity index (χ1n) is 7.16. The van der Waals surface area contributed by atoms with Gasteiger partial charge in [0.1, 0.15) is 0 Å². The summed E-state index contributed by atoms with van der Waals surface area (Å²) >= 11 is 0. The highest BCUT2D eigenvalue weighted by Gasteiger charge is 2.32. The van der Waals surface area contributed by atoms with Crippen LogP contribution in [-0.4, -0.2) is 28.6 Å². The topological polar surface area (TPSA) is 72.4 Å². The van der Waals surface area contributed by atoms with E-state index in [4.69, 9.17) is 5.73 Å². The molecule has 1 unspecified atom stereocenters. The van der Waals surface area contributed by atoms with Crippen LogP contribution in [0.25, 0.3) is 0 Å². The standard InChI is InChI=1S/C15H23N3O2/c1-12-7-9-17(10-8-12)15(2,16)11-13-5-3-4-6-14(13)18(19)20/h3-6,12H,7-11,16H2,1-2H3. The molecule has 1 aromatic carbocycles. The molecular weight excluding hydrogens is 254 g/mol. The van der Waals surface area contributed by atoms with E-state index in [-0.39, 0.29) is 10.6 Å². The average molecular weight is 277 g/mol. The molecule has 1 fully saturated rings. The van der Waals surface area contributed by atoms with Crippen molar-refractivity contribution in [1.82, 2.24) is 4.90 Å². The lowest BCUT2D eigenvalue weighted by molar-refractivity contribution is -0.385. The summed E-state index contributed by atoms with van der Waals surface area (Å²) < 4.78 is 0. The molecule has 0 bridgehead atoms. The van der Waals surface area contributed by atoms with Crippen molar-refractivity contribution < 1.29 is 4.92 Å². The maximum absolute atomic E-state index is 11.1. The fourth-order valence-corrected chi connectivity index (χ4v) is 2.86. The number of hydrogen-bond donors (Lipinski definition) is 1. The van der Waals surface area contributed by atoms with E-state index in [0.29, 0.717) is 12.0 Å². The van der Waals surface area contributed by atoms with Crippen LogP contribution in [0.15, 0.2) is 24.3 Å². The highest BCUT2D eigenvalue weighted by atomic mass is 16.6. The summed E-state index contributed by atoms with van der Waals surface area (Å²) in [5.74, 6) is 0.744. The summed E-state index contributed by atoms with van der Waals surface area (Å²) in [6.45, 7) is 6.16. The minimum Gasteiger partial charge on any atom is -0.313 e. The molecule has 1 saturated heterocycles. The zero-order chi connectivity index (χ0) is 14.8. The van der Waals surface area contributed by atoms with E-state index in [9.17, 15) is 10.1 Å². The van der Waals surface area contributed by atoms with Crippen molar-refractivity contribution in [3.05, 3.63) is 39.9 Å². The highest BCUT2D eigenvalue weighted by Crippen LogP contribution is 2.27. The van der Waals surface area contributed by atoms with Crippen LogP contribution >= 0.6 is 0 Å². The fourth-order valence-electron chi connectivity index (χ4n) is 2.86. The second-order valence-corrected chi connectivity index (χ2v) is 6.09. The first-order valence-corrected chi connectivity index (χ1v) is 7.16. The number of nitrogens with zero attached hydrogens (tertiary/aromatic N) is 2. The maximum Gasteiger partial charge on any atom is 0.272 e. The maximum atomic E-state index is 11.1. The quantitative estimate of drug-likeness (QED) is 0.678.